The van der Waals surface area contributed by atoms with Gasteiger partial charge in [-0.15, -0.1) is 0 Å². The molecule has 0 bridgehead atoms. The van der Waals surface area contributed by atoms with Crippen LogP contribution in [0.25, 0.3) is 11.1 Å². The van der Waals surface area contributed by atoms with Crippen molar-refractivity contribution in [3.8, 4) is 34.4 Å². The number of carbonyl (C=O) groups is 1. The number of pyridine rings is 1. The second-order valence-electron chi connectivity index (χ2n) is 12.1. The van der Waals surface area contributed by atoms with Crippen molar-refractivity contribution in [2.45, 2.75) is 65.8 Å². The number of nitrogens with zero attached hydrogens (tertiary/aromatic N) is 3. The molecule has 10 nitrogen and oxygen atoms in total. The lowest BCUT2D eigenvalue weighted by Gasteiger charge is -2.19. The number of benzene rings is 3. The van der Waals surface area contributed by atoms with E-state index in [4.69, 9.17) is 37.4 Å². The van der Waals surface area contributed by atoms with E-state index in [1.54, 1.807) is 24.4 Å². The van der Waals surface area contributed by atoms with E-state index in [1.165, 1.54) is 19.0 Å². The molecule has 3 aromatic carbocycles. The van der Waals surface area contributed by atoms with Gasteiger partial charge >= 0.3 is 5.97 Å². The van der Waals surface area contributed by atoms with Gasteiger partial charge < -0.3 is 29.3 Å². The molecule has 2 heterocycles. The second kappa shape index (κ2) is 20.6. The first-order valence-corrected chi connectivity index (χ1v) is 18.2. The zero-order chi connectivity index (χ0) is 37.5. The fraction of sp³-hybridized carbons (Fsp3) is 0.375. The molecule has 1 aliphatic heterocycles. The molecule has 5 rings (SSSR count). The summed E-state index contributed by atoms with van der Waals surface area (Å²) in [5.74, 6) is 0.213. The van der Waals surface area contributed by atoms with Crippen molar-refractivity contribution in [3.63, 3.8) is 0 Å². The van der Waals surface area contributed by atoms with E-state index >= 15 is 0 Å². The van der Waals surface area contributed by atoms with Gasteiger partial charge in [0.25, 0.3) is 0 Å². The fourth-order valence-corrected chi connectivity index (χ4v) is 6.33. The highest BCUT2D eigenvalue weighted by atomic mass is 35.5. The average molecular weight is 750 g/mol. The Kier molecular flexibility index (Phi) is 16.0. The van der Waals surface area contributed by atoms with Crippen LogP contribution in [0.4, 0.5) is 0 Å². The minimum absolute atomic E-state index is 0.0481. The van der Waals surface area contributed by atoms with Gasteiger partial charge in [0.05, 0.1) is 28.8 Å². The molecule has 0 radical (unpaired) electrons. The van der Waals surface area contributed by atoms with Gasteiger partial charge in [-0.2, -0.15) is 5.26 Å². The fourth-order valence-electron chi connectivity index (χ4n) is 5.80. The zero-order valence-corrected chi connectivity index (χ0v) is 31.3. The van der Waals surface area contributed by atoms with Crippen LogP contribution in [0.5, 0.6) is 17.2 Å². The number of ether oxygens (including phenoxy) is 3. The van der Waals surface area contributed by atoms with Crippen molar-refractivity contribution < 1.29 is 29.2 Å². The zero-order valence-electron chi connectivity index (χ0n) is 29.8. The van der Waals surface area contributed by atoms with Gasteiger partial charge in [-0.3, -0.25) is 15.1 Å². The van der Waals surface area contributed by atoms with Crippen molar-refractivity contribution in [2.75, 3.05) is 32.8 Å². The Morgan fingerprint density at radius 2 is 1.69 bits per heavy atom. The van der Waals surface area contributed by atoms with Crippen molar-refractivity contribution in [3.05, 3.63) is 105 Å². The van der Waals surface area contributed by atoms with E-state index in [-0.39, 0.29) is 19.8 Å². The highest BCUT2D eigenvalue weighted by Crippen LogP contribution is 2.38. The number of aliphatic hydroxyl groups is 1. The number of rotatable bonds is 17. The summed E-state index contributed by atoms with van der Waals surface area (Å²) >= 11 is 13.6. The number of halogens is 2. The number of aliphatic hydroxyl groups excluding tert-OH is 1. The standard InChI is InChI=1S/C38H40Cl2N4O6.C2H6/c1-25-28(7-4-8-30(25)31-9-5-10-34(37(31)40)48-14-6-13-44-11-2-3-12-44)24-50-36-17-35(49-23-27-15-26(18-41)19-42-20-27)29(16-32(36)39)21-43-33(22-45)38(46)47;1-2/h4-5,7-10,15-17,19-20,33,43,45H,2-3,6,11-14,21-24H2,1H3,(H,46,47);1-2H3. The number of carboxylic acid groups (broad SMARTS) is 1. The summed E-state index contributed by atoms with van der Waals surface area (Å²) in [6.07, 6.45) is 6.53. The van der Waals surface area contributed by atoms with Crippen LogP contribution < -0.4 is 19.5 Å². The van der Waals surface area contributed by atoms with Gasteiger partial charge in [-0.1, -0.05) is 67.4 Å². The maximum atomic E-state index is 11.5. The third-order valence-electron chi connectivity index (χ3n) is 8.61. The number of nitrogens with one attached hydrogen (secondary N) is 1. The van der Waals surface area contributed by atoms with Crippen molar-refractivity contribution in [1.29, 1.82) is 5.26 Å². The minimum atomic E-state index is -1.19. The summed E-state index contributed by atoms with van der Waals surface area (Å²) in [6.45, 7) is 9.70. The molecule has 1 aromatic heterocycles. The summed E-state index contributed by atoms with van der Waals surface area (Å²) in [5.41, 5.74) is 5.35. The van der Waals surface area contributed by atoms with Crippen molar-refractivity contribution in [2.24, 2.45) is 0 Å². The first-order chi connectivity index (χ1) is 25.3. The lowest BCUT2D eigenvalue weighted by molar-refractivity contribution is -0.140. The lowest BCUT2D eigenvalue weighted by Crippen LogP contribution is -2.39. The number of nitriles is 1. The molecule has 0 spiro atoms. The van der Waals surface area contributed by atoms with Gasteiger partial charge in [0.2, 0.25) is 0 Å². The van der Waals surface area contributed by atoms with Gasteiger partial charge in [-0.05, 0) is 74.2 Å². The Morgan fingerprint density at radius 1 is 0.962 bits per heavy atom. The molecule has 52 heavy (non-hydrogen) atoms. The van der Waals surface area contributed by atoms with Gasteiger partial charge in [0.1, 0.15) is 42.6 Å². The highest BCUT2D eigenvalue weighted by molar-refractivity contribution is 6.35. The Bertz CT molecular complexity index is 1830. The van der Waals surface area contributed by atoms with E-state index in [9.17, 15) is 20.3 Å². The molecule has 1 aliphatic rings. The largest absolute Gasteiger partial charge is 0.492 e. The Balaban J connectivity index is 0.00000297. The summed E-state index contributed by atoms with van der Waals surface area (Å²) in [5, 5.41) is 31.8. The first kappa shape index (κ1) is 40.4. The maximum absolute atomic E-state index is 11.5. The molecule has 3 N–H and O–H groups in total. The highest BCUT2D eigenvalue weighted by Gasteiger charge is 2.19. The number of likely N-dealkylation sites (tertiary alicyclic amines) is 1. The molecule has 1 unspecified atom stereocenters. The first-order valence-electron chi connectivity index (χ1n) is 17.5. The maximum Gasteiger partial charge on any atom is 0.323 e. The van der Waals surface area contributed by atoms with Crippen LogP contribution in [-0.2, 0) is 24.6 Å². The molecule has 276 valence electrons. The van der Waals surface area contributed by atoms with Crippen LogP contribution in [0.3, 0.4) is 0 Å². The van der Waals surface area contributed by atoms with Crippen LogP contribution >= 0.6 is 23.2 Å². The van der Waals surface area contributed by atoms with Crippen LogP contribution in [0.1, 0.15) is 60.9 Å². The van der Waals surface area contributed by atoms with Crippen molar-refractivity contribution in [1.82, 2.24) is 15.2 Å². The molecule has 0 amide bonds. The monoisotopic (exact) mass is 748 g/mol. The predicted octanol–water partition coefficient (Wildman–Crippen LogP) is 7.82. The quantitative estimate of drug-likeness (QED) is 0.0917. The third kappa shape index (κ3) is 11.1. The van der Waals surface area contributed by atoms with Crippen LogP contribution in [0, 0.1) is 18.3 Å². The normalized spacial score (nSPS) is 13.1. The second-order valence-corrected chi connectivity index (χ2v) is 12.9. The number of aliphatic carboxylic acids is 1. The summed E-state index contributed by atoms with van der Waals surface area (Å²) < 4.78 is 18.5. The average Bonchev–Trinajstić information content (AvgIpc) is 3.68. The molecular formula is C40H46Cl2N4O6. The van der Waals surface area contributed by atoms with Crippen molar-refractivity contribution >= 4 is 29.2 Å². The van der Waals surface area contributed by atoms with Gasteiger partial charge in [0.15, 0.2) is 0 Å². The number of carboxylic acids is 1. The van der Waals surface area contributed by atoms with E-state index in [2.05, 4.69) is 21.3 Å². The van der Waals surface area contributed by atoms with Gasteiger partial charge in [-0.25, -0.2) is 0 Å². The van der Waals surface area contributed by atoms with Gasteiger partial charge in [0, 0.05) is 48.2 Å². The molecule has 0 saturated carbocycles. The summed E-state index contributed by atoms with van der Waals surface area (Å²) in [6, 6.07) is 17.6. The molecule has 0 aliphatic carbocycles. The molecule has 1 fully saturated rings. The Labute approximate surface area is 315 Å². The minimum Gasteiger partial charge on any atom is -0.492 e. The smallest absolute Gasteiger partial charge is 0.323 e. The van der Waals surface area contributed by atoms with Crippen LogP contribution in [0.2, 0.25) is 10.0 Å². The molecule has 12 heteroatoms. The number of hydrogen-bond donors (Lipinski definition) is 3. The van der Waals surface area contributed by atoms with E-state index < -0.39 is 18.6 Å². The molecule has 1 atom stereocenters. The topological polar surface area (TPSA) is 137 Å². The van der Waals surface area contributed by atoms with E-state index in [1.807, 2.05) is 57.2 Å². The number of aromatic nitrogens is 1. The third-order valence-corrected chi connectivity index (χ3v) is 9.30. The van der Waals surface area contributed by atoms with Crippen LogP contribution in [0.15, 0.2) is 67.0 Å². The lowest BCUT2D eigenvalue weighted by atomic mass is 9.96. The van der Waals surface area contributed by atoms with E-state index in [0.29, 0.717) is 50.6 Å². The molecule has 1 saturated heterocycles. The Morgan fingerprint density at radius 3 is 2.42 bits per heavy atom. The number of hydrogen-bond acceptors (Lipinski definition) is 9. The SMILES string of the molecule is CC.Cc1c(COc2cc(OCc3cncc(C#N)c3)c(CNC(CO)C(=O)O)cc2Cl)cccc1-c1cccc(OCCCN2CCCC2)c1Cl. The van der Waals surface area contributed by atoms with Crippen LogP contribution in [-0.4, -0.2) is 65.0 Å². The van der Waals surface area contributed by atoms with E-state index in [0.717, 1.165) is 48.3 Å². The predicted molar refractivity (Wildman–Crippen MR) is 203 cm³/mol. The molecular weight excluding hydrogens is 703 g/mol. The summed E-state index contributed by atoms with van der Waals surface area (Å²) in [7, 11) is 0. The Hall–Kier alpha value is -4.37. The molecule has 4 aromatic rings. The summed E-state index contributed by atoms with van der Waals surface area (Å²) in [4.78, 5) is 18.0.